The molecule has 1 N–H and O–H groups in total. The highest BCUT2D eigenvalue weighted by Crippen LogP contribution is 2.20. The Morgan fingerprint density at radius 2 is 2.12 bits per heavy atom. The second-order valence-corrected chi connectivity index (χ2v) is 6.36. The molecule has 0 fully saturated rings. The number of H-pyrrole nitrogens is 1. The van der Waals surface area contributed by atoms with Crippen LogP contribution < -0.4 is 0 Å². The summed E-state index contributed by atoms with van der Waals surface area (Å²) in [5.74, 6) is 0.0165. The van der Waals surface area contributed by atoms with E-state index in [1.807, 2.05) is 56.8 Å². The summed E-state index contributed by atoms with van der Waals surface area (Å²) in [6.45, 7) is 4.64. The molecule has 1 amide bonds. The number of amides is 1. The molecule has 3 aromatic rings. The number of aryl methyl sites for hydroxylation is 3. The van der Waals surface area contributed by atoms with Crippen molar-refractivity contribution in [2.45, 2.75) is 20.3 Å². The molecule has 2 aromatic heterocycles. The van der Waals surface area contributed by atoms with E-state index in [0.29, 0.717) is 12.1 Å². The van der Waals surface area contributed by atoms with Gasteiger partial charge in [-0.3, -0.25) is 9.89 Å². The standard InChI is InChI=1S/C19H23N5O/c1-13-17(14(2)22-21-13)8-9-23(3)19(25)16-7-5-6-15(10-16)18-11-20-12-24(18)4/h5-7,10-12H,8-9H2,1-4H3,(H,21,22). The van der Waals surface area contributed by atoms with E-state index < -0.39 is 0 Å². The lowest BCUT2D eigenvalue weighted by molar-refractivity contribution is 0.0796. The second-order valence-electron chi connectivity index (χ2n) is 6.36. The summed E-state index contributed by atoms with van der Waals surface area (Å²) in [5.41, 5.74) is 5.90. The zero-order valence-corrected chi connectivity index (χ0v) is 15.1. The molecule has 0 saturated carbocycles. The van der Waals surface area contributed by atoms with Crippen molar-refractivity contribution in [3.05, 3.63) is 59.3 Å². The Morgan fingerprint density at radius 3 is 2.76 bits per heavy atom. The maximum absolute atomic E-state index is 12.8. The number of likely N-dealkylation sites (N-methyl/N-ethyl adjacent to an activating group) is 1. The molecule has 6 heteroatoms. The van der Waals surface area contributed by atoms with Crippen LogP contribution in [0.4, 0.5) is 0 Å². The lowest BCUT2D eigenvalue weighted by atomic mass is 10.1. The number of benzene rings is 1. The van der Waals surface area contributed by atoms with Gasteiger partial charge in [-0.1, -0.05) is 12.1 Å². The quantitative estimate of drug-likeness (QED) is 0.778. The number of carbonyl (C=O) groups excluding carboxylic acids is 1. The molecule has 130 valence electrons. The van der Waals surface area contributed by atoms with Crippen molar-refractivity contribution in [2.24, 2.45) is 7.05 Å². The van der Waals surface area contributed by atoms with Gasteiger partial charge in [0.05, 0.1) is 23.9 Å². The van der Waals surface area contributed by atoms with Crippen LogP contribution in [0.15, 0.2) is 36.8 Å². The van der Waals surface area contributed by atoms with Crippen molar-refractivity contribution in [2.75, 3.05) is 13.6 Å². The number of nitrogens with zero attached hydrogens (tertiary/aromatic N) is 4. The van der Waals surface area contributed by atoms with Crippen molar-refractivity contribution in [3.63, 3.8) is 0 Å². The Morgan fingerprint density at radius 1 is 1.32 bits per heavy atom. The number of imidazole rings is 1. The summed E-state index contributed by atoms with van der Waals surface area (Å²) >= 11 is 0. The van der Waals surface area contributed by atoms with Crippen molar-refractivity contribution in [1.82, 2.24) is 24.6 Å². The maximum Gasteiger partial charge on any atom is 0.253 e. The average molecular weight is 337 g/mol. The first-order chi connectivity index (χ1) is 12.0. The Bertz CT molecular complexity index is 873. The first-order valence-corrected chi connectivity index (χ1v) is 8.30. The molecule has 2 heterocycles. The molecule has 0 saturated heterocycles. The maximum atomic E-state index is 12.8. The second kappa shape index (κ2) is 6.93. The van der Waals surface area contributed by atoms with E-state index >= 15 is 0 Å². The van der Waals surface area contributed by atoms with Gasteiger partial charge in [-0.2, -0.15) is 5.10 Å². The van der Waals surface area contributed by atoms with Gasteiger partial charge in [0.15, 0.2) is 0 Å². The van der Waals surface area contributed by atoms with Gasteiger partial charge >= 0.3 is 0 Å². The summed E-state index contributed by atoms with van der Waals surface area (Å²) < 4.78 is 1.94. The van der Waals surface area contributed by atoms with E-state index in [-0.39, 0.29) is 5.91 Å². The van der Waals surface area contributed by atoms with Crippen LogP contribution in [0.1, 0.15) is 27.3 Å². The molecule has 0 unspecified atom stereocenters. The minimum Gasteiger partial charge on any atom is -0.341 e. The van der Waals surface area contributed by atoms with E-state index in [4.69, 9.17) is 0 Å². The summed E-state index contributed by atoms with van der Waals surface area (Å²) in [6.07, 6.45) is 4.35. The van der Waals surface area contributed by atoms with Crippen LogP contribution in [0.3, 0.4) is 0 Å². The van der Waals surface area contributed by atoms with Crippen LogP contribution in [0, 0.1) is 13.8 Å². The fourth-order valence-corrected chi connectivity index (χ4v) is 2.99. The minimum absolute atomic E-state index is 0.0165. The number of hydrogen-bond acceptors (Lipinski definition) is 3. The number of rotatable bonds is 5. The smallest absolute Gasteiger partial charge is 0.253 e. The average Bonchev–Trinajstić information content (AvgIpc) is 3.18. The Balaban J connectivity index is 1.73. The molecule has 0 spiro atoms. The van der Waals surface area contributed by atoms with Crippen LogP contribution in [0.25, 0.3) is 11.3 Å². The van der Waals surface area contributed by atoms with E-state index in [0.717, 1.165) is 29.1 Å². The Hall–Kier alpha value is -2.89. The predicted octanol–water partition coefficient (Wildman–Crippen LogP) is 2.74. The third-order valence-corrected chi connectivity index (χ3v) is 4.55. The van der Waals surface area contributed by atoms with Crippen LogP contribution in [-0.2, 0) is 13.5 Å². The van der Waals surface area contributed by atoms with Gasteiger partial charge < -0.3 is 9.47 Å². The minimum atomic E-state index is 0.0165. The number of aromatic nitrogens is 4. The lowest BCUT2D eigenvalue weighted by Crippen LogP contribution is -2.29. The van der Waals surface area contributed by atoms with Gasteiger partial charge in [-0.25, -0.2) is 4.98 Å². The van der Waals surface area contributed by atoms with E-state index in [1.54, 1.807) is 17.4 Å². The van der Waals surface area contributed by atoms with Gasteiger partial charge in [0, 0.05) is 37.5 Å². The number of carbonyl (C=O) groups is 1. The van der Waals surface area contributed by atoms with Gasteiger partial charge in [-0.05, 0) is 38.0 Å². The Kier molecular flexibility index (Phi) is 4.70. The highest BCUT2D eigenvalue weighted by molar-refractivity contribution is 5.95. The normalized spacial score (nSPS) is 10.9. The van der Waals surface area contributed by atoms with Crippen molar-refractivity contribution in [3.8, 4) is 11.3 Å². The van der Waals surface area contributed by atoms with Crippen LogP contribution in [-0.4, -0.2) is 44.1 Å². The molecule has 0 bridgehead atoms. The predicted molar refractivity (Wildman–Crippen MR) is 97.4 cm³/mol. The van der Waals surface area contributed by atoms with Crippen LogP contribution >= 0.6 is 0 Å². The molecule has 1 aromatic carbocycles. The zero-order valence-electron chi connectivity index (χ0n) is 15.1. The van der Waals surface area contributed by atoms with Crippen LogP contribution in [0.5, 0.6) is 0 Å². The zero-order chi connectivity index (χ0) is 18.0. The fourth-order valence-electron chi connectivity index (χ4n) is 2.99. The summed E-state index contributed by atoms with van der Waals surface area (Å²) in [4.78, 5) is 18.7. The van der Waals surface area contributed by atoms with Gasteiger partial charge in [0.25, 0.3) is 5.91 Å². The van der Waals surface area contributed by atoms with Gasteiger partial charge in [0.1, 0.15) is 0 Å². The van der Waals surface area contributed by atoms with Gasteiger partial charge in [0.2, 0.25) is 0 Å². The SMILES string of the molecule is Cc1n[nH]c(C)c1CCN(C)C(=O)c1cccc(-c2cncn2C)c1. The third kappa shape index (κ3) is 3.47. The molecule has 0 aliphatic carbocycles. The highest BCUT2D eigenvalue weighted by Gasteiger charge is 2.15. The molecule has 0 aliphatic rings. The van der Waals surface area contributed by atoms with Gasteiger partial charge in [-0.15, -0.1) is 0 Å². The lowest BCUT2D eigenvalue weighted by Gasteiger charge is -2.18. The number of hydrogen-bond donors (Lipinski definition) is 1. The van der Waals surface area contributed by atoms with E-state index in [9.17, 15) is 4.79 Å². The van der Waals surface area contributed by atoms with E-state index in [1.165, 1.54) is 5.56 Å². The van der Waals surface area contributed by atoms with Crippen LogP contribution in [0.2, 0.25) is 0 Å². The molecule has 0 radical (unpaired) electrons. The van der Waals surface area contributed by atoms with E-state index in [2.05, 4.69) is 15.2 Å². The largest absolute Gasteiger partial charge is 0.341 e. The molecule has 3 rings (SSSR count). The van der Waals surface area contributed by atoms with Crippen molar-refractivity contribution >= 4 is 5.91 Å². The number of aromatic amines is 1. The molecule has 0 atom stereocenters. The molecule has 25 heavy (non-hydrogen) atoms. The summed E-state index contributed by atoms with van der Waals surface area (Å²) in [5, 5.41) is 7.20. The first kappa shape index (κ1) is 17.0. The highest BCUT2D eigenvalue weighted by atomic mass is 16.2. The number of nitrogens with one attached hydrogen (secondary N) is 1. The molecular formula is C19H23N5O. The van der Waals surface area contributed by atoms with Crippen molar-refractivity contribution in [1.29, 1.82) is 0 Å². The first-order valence-electron chi connectivity index (χ1n) is 8.30. The summed E-state index contributed by atoms with van der Waals surface area (Å²) in [6, 6.07) is 7.68. The molecular weight excluding hydrogens is 314 g/mol. The fraction of sp³-hybridized carbons (Fsp3) is 0.316. The van der Waals surface area contributed by atoms with Crippen molar-refractivity contribution < 1.29 is 4.79 Å². The molecule has 0 aliphatic heterocycles. The topological polar surface area (TPSA) is 66.8 Å². The Labute approximate surface area is 147 Å². The monoisotopic (exact) mass is 337 g/mol. The third-order valence-electron chi connectivity index (χ3n) is 4.55. The molecule has 6 nitrogen and oxygen atoms in total. The summed E-state index contributed by atoms with van der Waals surface area (Å²) in [7, 11) is 3.78.